The van der Waals surface area contributed by atoms with Crippen LogP contribution in [0.3, 0.4) is 0 Å². The predicted octanol–water partition coefficient (Wildman–Crippen LogP) is 3.30. The number of fused-ring (bicyclic) bond motifs is 1. The number of nitrogens with zero attached hydrogens (tertiary/aromatic N) is 2. The van der Waals surface area contributed by atoms with Crippen LogP contribution in [0, 0.1) is 17.7 Å². The van der Waals surface area contributed by atoms with Crippen molar-refractivity contribution in [1.29, 1.82) is 0 Å². The van der Waals surface area contributed by atoms with Gasteiger partial charge in [0.05, 0.1) is 5.41 Å². The van der Waals surface area contributed by atoms with Crippen LogP contribution in [-0.2, 0) is 11.3 Å². The highest BCUT2D eigenvalue weighted by molar-refractivity contribution is 6.16. The molecule has 2 saturated carbocycles. The summed E-state index contributed by atoms with van der Waals surface area (Å²) in [6, 6.07) is 6.81. The first-order valence-electron chi connectivity index (χ1n) is 6.65. The van der Waals surface area contributed by atoms with Crippen LogP contribution in [0.15, 0.2) is 34.4 Å². The molecule has 1 heterocycles. The van der Waals surface area contributed by atoms with Crippen LogP contribution >= 0.6 is 11.6 Å². The summed E-state index contributed by atoms with van der Waals surface area (Å²) in [5.41, 5.74) is 3.66. The Bertz CT molecular complexity index is 784. The second kappa shape index (κ2) is 3.31. The summed E-state index contributed by atoms with van der Waals surface area (Å²) >= 11 is 5.70. The van der Waals surface area contributed by atoms with Gasteiger partial charge in [0.2, 0.25) is 5.89 Å². The van der Waals surface area contributed by atoms with Gasteiger partial charge in [-0.2, -0.15) is 4.98 Å². The molecule has 4 aliphatic carbocycles. The van der Waals surface area contributed by atoms with Gasteiger partial charge in [-0.3, -0.25) is 0 Å². The highest BCUT2D eigenvalue weighted by Gasteiger charge is 2.89. The van der Waals surface area contributed by atoms with Crippen molar-refractivity contribution in [2.45, 2.75) is 17.7 Å². The van der Waals surface area contributed by atoms with Gasteiger partial charge in [-0.15, -0.1) is 11.6 Å². The number of allylic oxidation sites excluding steroid dienone is 2. The Labute approximate surface area is 119 Å². The number of halogens is 2. The van der Waals surface area contributed by atoms with Gasteiger partial charge < -0.3 is 4.52 Å². The number of hydrogen-bond donors (Lipinski definition) is 0. The molecule has 1 aromatic carbocycles. The van der Waals surface area contributed by atoms with E-state index in [0.717, 1.165) is 17.8 Å². The van der Waals surface area contributed by atoms with Gasteiger partial charge in [-0.05, 0) is 41.2 Å². The van der Waals surface area contributed by atoms with Crippen molar-refractivity contribution in [2.24, 2.45) is 11.8 Å². The second-order valence-electron chi connectivity index (χ2n) is 5.71. The molecule has 0 aliphatic heterocycles. The van der Waals surface area contributed by atoms with Crippen LogP contribution in [0.25, 0.3) is 5.57 Å². The fourth-order valence-corrected chi connectivity index (χ4v) is 4.14. The first-order chi connectivity index (χ1) is 9.76. The predicted molar refractivity (Wildman–Crippen MR) is 70.5 cm³/mol. The van der Waals surface area contributed by atoms with E-state index in [0.29, 0.717) is 17.7 Å². The Kier molecular flexibility index (Phi) is 1.83. The molecule has 2 fully saturated rings. The van der Waals surface area contributed by atoms with Crippen LogP contribution in [0.5, 0.6) is 0 Å². The standard InChI is InChI=1S/C15H10ClFN2O/c16-6-11-18-14(19-20-11)15-10-5-9(12(15)13(10)15)7-2-1-3-8(17)4-7/h1-4,10,13H,5-6H2/t10-,13-,15+/m1/s1. The fraction of sp³-hybridized carbons (Fsp3) is 0.333. The Balaban J connectivity index is 1.57. The molecule has 4 aliphatic rings. The fourth-order valence-electron chi connectivity index (χ4n) is 4.03. The van der Waals surface area contributed by atoms with Gasteiger partial charge >= 0.3 is 0 Å². The van der Waals surface area contributed by atoms with Crippen LogP contribution < -0.4 is 0 Å². The number of alkyl halides is 1. The molecule has 0 saturated heterocycles. The number of hydrogen-bond acceptors (Lipinski definition) is 3. The van der Waals surface area contributed by atoms with Gasteiger partial charge in [-0.25, -0.2) is 4.39 Å². The molecular weight excluding hydrogens is 279 g/mol. The van der Waals surface area contributed by atoms with E-state index in [2.05, 4.69) is 10.1 Å². The third kappa shape index (κ3) is 1.09. The average Bonchev–Trinajstić information content (AvgIpc) is 3.03. The maximum Gasteiger partial charge on any atom is 0.241 e. The van der Waals surface area contributed by atoms with Crippen LogP contribution in [0.2, 0.25) is 0 Å². The number of benzene rings is 1. The SMILES string of the molecule is Fc1cccc(C2=C3[C@H]4[C@@H](C2)[C@]34c2noc(CCl)n2)c1. The first kappa shape index (κ1) is 11.0. The van der Waals surface area contributed by atoms with E-state index in [-0.39, 0.29) is 17.1 Å². The molecule has 5 heteroatoms. The lowest BCUT2D eigenvalue weighted by Crippen LogP contribution is -2.02. The average molecular weight is 289 g/mol. The lowest BCUT2D eigenvalue weighted by atomic mass is 10.1. The maximum absolute atomic E-state index is 13.4. The van der Waals surface area contributed by atoms with Crippen LogP contribution in [0.1, 0.15) is 23.7 Å². The van der Waals surface area contributed by atoms with E-state index in [9.17, 15) is 4.39 Å². The van der Waals surface area contributed by atoms with Gasteiger partial charge in [0, 0.05) is 5.92 Å². The largest absolute Gasteiger partial charge is 0.338 e. The van der Waals surface area contributed by atoms with E-state index in [1.54, 1.807) is 12.1 Å². The van der Waals surface area contributed by atoms with E-state index in [4.69, 9.17) is 16.1 Å². The summed E-state index contributed by atoms with van der Waals surface area (Å²) in [6.07, 6.45) is 0.994. The summed E-state index contributed by atoms with van der Waals surface area (Å²) in [7, 11) is 0. The summed E-state index contributed by atoms with van der Waals surface area (Å²) in [5.74, 6) is 2.44. The van der Waals surface area contributed by atoms with Gasteiger partial charge in [0.25, 0.3) is 0 Å². The summed E-state index contributed by atoms with van der Waals surface area (Å²) < 4.78 is 18.5. The van der Waals surface area contributed by atoms with Crippen LogP contribution in [0.4, 0.5) is 4.39 Å². The molecule has 6 rings (SSSR count). The molecule has 0 radical (unpaired) electrons. The Hall–Kier alpha value is -1.68. The van der Waals surface area contributed by atoms with Crippen molar-refractivity contribution < 1.29 is 8.91 Å². The normalized spacial score (nSPS) is 32.5. The molecule has 0 unspecified atom stereocenters. The number of aromatic nitrogens is 2. The summed E-state index contributed by atoms with van der Waals surface area (Å²) in [4.78, 5) is 4.37. The first-order valence-corrected chi connectivity index (χ1v) is 7.18. The molecule has 100 valence electrons. The van der Waals surface area contributed by atoms with Crippen molar-refractivity contribution in [3.63, 3.8) is 0 Å². The molecule has 2 bridgehead atoms. The van der Waals surface area contributed by atoms with Crippen molar-refractivity contribution in [1.82, 2.24) is 10.1 Å². The minimum atomic E-state index is -0.187. The smallest absolute Gasteiger partial charge is 0.241 e. The highest BCUT2D eigenvalue weighted by Crippen LogP contribution is 2.90. The maximum atomic E-state index is 13.4. The molecule has 1 aromatic heterocycles. The Morgan fingerprint density at radius 3 is 3.05 bits per heavy atom. The molecule has 3 atom stereocenters. The lowest BCUT2D eigenvalue weighted by molar-refractivity contribution is 0.382. The number of rotatable bonds is 3. The summed E-state index contributed by atoms with van der Waals surface area (Å²) in [5, 5.41) is 4.07. The second-order valence-corrected chi connectivity index (χ2v) is 5.97. The molecule has 0 spiro atoms. The zero-order valence-corrected chi connectivity index (χ0v) is 11.2. The van der Waals surface area contributed by atoms with Crippen molar-refractivity contribution in [3.8, 4) is 0 Å². The Morgan fingerprint density at radius 2 is 2.35 bits per heavy atom. The van der Waals surface area contributed by atoms with Crippen molar-refractivity contribution >= 4 is 17.2 Å². The third-order valence-electron chi connectivity index (χ3n) is 4.92. The van der Waals surface area contributed by atoms with E-state index < -0.39 is 0 Å². The topological polar surface area (TPSA) is 38.9 Å². The van der Waals surface area contributed by atoms with E-state index in [1.807, 2.05) is 6.07 Å². The Morgan fingerprint density at radius 1 is 1.45 bits per heavy atom. The minimum Gasteiger partial charge on any atom is -0.338 e. The van der Waals surface area contributed by atoms with E-state index in [1.165, 1.54) is 17.2 Å². The third-order valence-corrected chi connectivity index (χ3v) is 5.15. The van der Waals surface area contributed by atoms with Crippen LogP contribution in [-0.4, -0.2) is 10.1 Å². The van der Waals surface area contributed by atoms with Gasteiger partial charge in [0.15, 0.2) is 5.82 Å². The molecule has 2 aromatic rings. The highest BCUT2D eigenvalue weighted by atomic mass is 35.5. The molecule has 3 nitrogen and oxygen atoms in total. The van der Waals surface area contributed by atoms with E-state index >= 15 is 0 Å². The quantitative estimate of drug-likeness (QED) is 0.814. The zero-order valence-electron chi connectivity index (χ0n) is 10.4. The van der Waals surface area contributed by atoms with Gasteiger partial charge in [-0.1, -0.05) is 17.3 Å². The minimum absolute atomic E-state index is 0.00938. The molecule has 0 amide bonds. The zero-order chi connectivity index (χ0) is 13.5. The molecule has 20 heavy (non-hydrogen) atoms. The monoisotopic (exact) mass is 288 g/mol. The summed E-state index contributed by atoms with van der Waals surface area (Å²) in [6.45, 7) is 0. The van der Waals surface area contributed by atoms with Crippen molar-refractivity contribution in [3.05, 3.63) is 52.9 Å². The lowest BCUT2D eigenvalue weighted by Gasteiger charge is -2.00. The molecular formula is C15H10ClFN2O. The van der Waals surface area contributed by atoms with Crippen molar-refractivity contribution in [2.75, 3.05) is 0 Å². The molecule has 0 N–H and O–H groups in total. The van der Waals surface area contributed by atoms with Gasteiger partial charge in [0.1, 0.15) is 11.7 Å².